The fraction of sp³-hybridized carbons (Fsp3) is 0.308. The monoisotopic (exact) mass is 265 g/mol. The molecule has 1 aromatic carbocycles. The van der Waals surface area contributed by atoms with Gasteiger partial charge in [0.15, 0.2) is 0 Å². The van der Waals surface area contributed by atoms with E-state index in [9.17, 15) is 0 Å². The van der Waals surface area contributed by atoms with Gasteiger partial charge in [-0.25, -0.2) is 4.98 Å². The van der Waals surface area contributed by atoms with Crippen LogP contribution in [-0.2, 0) is 6.42 Å². The number of nitrogens with one attached hydrogen (secondary N) is 2. The van der Waals surface area contributed by atoms with Gasteiger partial charge in [-0.05, 0) is 37.2 Å². The SMILES string of the molecule is CNC(Cc1cc(Cl)ccc1OC)c1ncc[nH]1. The van der Waals surface area contributed by atoms with Crippen molar-refractivity contribution in [2.24, 2.45) is 0 Å². The van der Waals surface area contributed by atoms with Gasteiger partial charge in [0.2, 0.25) is 0 Å². The predicted molar refractivity (Wildman–Crippen MR) is 72.1 cm³/mol. The van der Waals surface area contributed by atoms with Gasteiger partial charge < -0.3 is 15.0 Å². The van der Waals surface area contributed by atoms with Crippen LogP contribution in [-0.4, -0.2) is 24.1 Å². The Morgan fingerprint density at radius 2 is 2.33 bits per heavy atom. The quantitative estimate of drug-likeness (QED) is 0.874. The van der Waals surface area contributed by atoms with Gasteiger partial charge in [-0.15, -0.1) is 0 Å². The average molecular weight is 266 g/mol. The molecule has 1 unspecified atom stereocenters. The minimum absolute atomic E-state index is 0.104. The van der Waals surface area contributed by atoms with Gasteiger partial charge in [0.25, 0.3) is 0 Å². The summed E-state index contributed by atoms with van der Waals surface area (Å²) in [6.45, 7) is 0. The number of hydrogen-bond acceptors (Lipinski definition) is 3. The number of imidazole rings is 1. The number of benzene rings is 1. The fourth-order valence-corrected chi connectivity index (χ4v) is 2.12. The molecule has 18 heavy (non-hydrogen) atoms. The largest absolute Gasteiger partial charge is 0.496 e. The number of hydrogen-bond donors (Lipinski definition) is 2. The van der Waals surface area contributed by atoms with Crippen molar-refractivity contribution in [2.45, 2.75) is 12.5 Å². The molecule has 0 saturated heterocycles. The zero-order chi connectivity index (χ0) is 13.0. The van der Waals surface area contributed by atoms with Crippen molar-refractivity contribution in [3.8, 4) is 5.75 Å². The molecule has 2 rings (SSSR count). The van der Waals surface area contributed by atoms with Crippen LogP contribution in [0.25, 0.3) is 0 Å². The highest BCUT2D eigenvalue weighted by Crippen LogP contribution is 2.26. The molecule has 0 saturated carbocycles. The van der Waals surface area contributed by atoms with Crippen LogP contribution in [0.2, 0.25) is 5.02 Å². The summed E-state index contributed by atoms with van der Waals surface area (Å²) in [5.41, 5.74) is 1.06. The van der Waals surface area contributed by atoms with Crippen molar-refractivity contribution in [3.05, 3.63) is 47.0 Å². The number of methoxy groups -OCH3 is 1. The maximum Gasteiger partial charge on any atom is 0.123 e. The minimum Gasteiger partial charge on any atom is -0.496 e. The van der Waals surface area contributed by atoms with Crippen LogP contribution in [0.4, 0.5) is 0 Å². The molecule has 4 nitrogen and oxygen atoms in total. The van der Waals surface area contributed by atoms with E-state index in [0.717, 1.165) is 23.6 Å². The summed E-state index contributed by atoms with van der Waals surface area (Å²) in [6, 6.07) is 5.73. The lowest BCUT2D eigenvalue weighted by molar-refractivity contribution is 0.406. The van der Waals surface area contributed by atoms with Crippen molar-refractivity contribution in [3.63, 3.8) is 0 Å². The molecule has 0 bridgehead atoms. The summed E-state index contributed by atoms with van der Waals surface area (Å²) in [7, 11) is 3.57. The highest BCUT2D eigenvalue weighted by atomic mass is 35.5. The Morgan fingerprint density at radius 1 is 1.50 bits per heavy atom. The normalized spacial score (nSPS) is 12.4. The number of nitrogens with zero attached hydrogens (tertiary/aromatic N) is 1. The highest BCUT2D eigenvalue weighted by molar-refractivity contribution is 6.30. The maximum absolute atomic E-state index is 6.03. The van der Waals surface area contributed by atoms with Crippen LogP contribution in [0, 0.1) is 0 Å². The topological polar surface area (TPSA) is 49.9 Å². The number of halogens is 1. The summed E-state index contributed by atoms with van der Waals surface area (Å²) < 4.78 is 5.35. The third-order valence-electron chi connectivity index (χ3n) is 2.86. The first-order chi connectivity index (χ1) is 8.74. The van der Waals surface area contributed by atoms with Crippen LogP contribution in [0.1, 0.15) is 17.4 Å². The lowest BCUT2D eigenvalue weighted by Crippen LogP contribution is -2.20. The third-order valence-corrected chi connectivity index (χ3v) is 3.10. The molecule has 0 fully saturated rings. The first-order valence-electron chi connectivity index (χ1n) is 5.73. The van der Waals surface area contributed by atoms with Crippen molar-refractivity contribution in [1.82, 2.24) is 15.3 Å². The minimum atomic E-state index is 0.104. The molecule has 1 heterocycles. The van der Waals surface area contributed by atoms with E-state index in [-0.39, 0.29) is 6.04 Å². The summed E-state index contributed by atoms with van der Waals surface area (Å²) >= 11 is 6.03. The van der Waals surface area contributed by atoms with Crippen LogP contribution in [0.15, 0.2) is 30.6 Å². The molecule has 0 aliphatic rings. The molecule has 5 heteroatoms. The molecule has 0 aliphatic heterocycles. The second-order valence-electron chi connectivity index (χ2n) is 3.98. The van der Waals surface area contributed by atoms with Gasteiger partial charge in [-0.2, -0.15) is 0 Å². The number of rotatable bonds is 5. The van der Waals surface area contributed by atoms with Crippen LogP contribution in [0.3, 0.4) is 0 Å². The maximum atomic E-state index is 6.03. The molecular weight excluding hydrogens is 250 g/mol. The average Bonchev–Trinajstić information content (AvgIpc) is 2.90. The van der Waals surface area contributed by atoms with Gasteiger partial charge in [0.05, 0.1) is 13.2 Å². The Labute approximate surface area is 111 Å². The lowest BCUT2D eigenvalue weighted by atomic mass is 10.0. The molecule has 0 aliphatic carbocycles. The number of H-pyrrole nitrogens is 1. The van der Waals surface area contributed by atoms with E-state index in [4.69, 9.17) is 16.3 Å². The summed E-state index contributed by atoms with van der Waals surface area (Å²) in [5.74, 6) is 1.74. The Kier molecular flexibility index (Phi) is 4.23. The molecule has 1 aromatic heterocycles. The Bertz CT molecular complexity index is 499. The molecule has 0 amide bonds. The molecule has 2 aromatic rings. The molecule has 96 valence electrons. The molecule has 0 radical (unpaired) electrons. The third kappa shape index (κ3) is 2.83. The highest BCUT2D eigenvalue weighted by Gasteiger charge is 2.15. The van der Waals surface area contributed by atoms with Crippen LogP contribution in [0.5, 0.6) is 5.75 Å². The Balaban J connectivity index is 2.24. The summed E-state index contributed by atoms with van der Waals surface area (Å²) in [4.78, 5) is 7.38. The molecule has 0 spiro atoms. The zero-order valence-electron chi connectivity index (χ0n) is 10.4. The number of aromatic nitrogens is 2. The van der Waals surface area contributed by atoms with Gasteiger partial charge in [0, 0.05) is 17.4 Å². The second kappa shape index (κ2) is 5.89. The van der Waals surface area contributed by atoms with Crippen molar-refractivity contribution < 1.29 is 4.74 Å². The van der Waals surface area contributed by atoms with E-state index in [0.29, 0.717) is 5.02 Å². The van der Waals surface area contributed by atoms with Crippen LogP contribution < -0.4 is 10.1 Å². The van der Waals surface area contributed by atoms with Gasteiger partial charge in [-0.3, -0.25) is 0 Å². The zero-order valence-corrected chi connectivity index (χ0v) is 11.2. The number of aromatic amines is 1. The van der Waals surface area contributed by atoms with E-state index in [1.165, 1.54) is 0 Å². The first kappa shape index (κ1) is 12.9. The summed E-state index contributed by atoms with van der Waals surface area (Å²) in [6.07, 6.45) is 4.32. The lowest BCUT2D eigenvalue weighted by Gasteiger charge is -2.16. The first-order valence-corrected chi connectivity index (χ1v) is 6.11. The predicted octanol–water partition coefficient (Wildman–Crippen LogP) is 2.57. The molecular formula is C13H16ClN3O. The van der Waals surface area contributed by atoms with Gasteiger partial charge >= 0.3 is 0 Å². The van der Waals surface area contributed by atoms with E-state index in [1.807, 2.05) is 31.4 Å². The van der Waals surface area contributed by atoms with Gasteiger partial charge in [0.1, 0.15) is 11.6 Å². The van der Waals surface area contributed by atoms with E-state index >= 15 is 0 Å². The smallest absolute Gasteiger partial charge is 0.123 e. The Hall–Kier alpha value is -1.52. The second-order valence-corrected chi connectivity index (χ2v) is 4.41. The van der Waals surface area contributed by atoms with Crippen molar-refractivity contribution in [1.29, 1.82) is 0 Å². The van der Waals surface area contributed by atoms with E-state index < -0.39 is 0 Å². The molecule has 1 atom stereocenters. The molecule has 2 N–H and O–H groups in total. The van der Waals surface area contributed by atoms with E-state index in [2.05, 4.69) is 15.3 Å². The van der Waals surface area contributed by atoms with Gasteiger partial charge in [-0.1, -0.05) is 11.6 Å². The van der Waals surface area contributed by atoms with Crippen molar-refractivity contribution >= 4 is 11.6 Å². The Morgan fingerprint density at radius 3 is 2.94 bits per heavy atom. The fourth-order valence-electron chi connectivity index (χ4n) is 1.93. The summed E-state index contributed by atoms with van der Waals surface area (Å²) in [5, 5.41) is 3.94. The van der Waals surface area contributed by atoms with E-state index in [1.54, 1.807) is 13.3 Å². The van der Waals surface area contributed by atoms with Crippen molar-refractivity contribution in [2.75, 3.05) is 14.2 Å². The number of ether oxygens (including phenoxy) is 1. The standard InChI is InChI=1S/C13H16ClN3O/c1-15-11(13-16-5-6-17-13)8-9-7-10(14)3-4-12(9)18-2/h3-7,11,15H,8H2,1-2H3,(H,16,17). The van der Waals surface area contributed by atoms with Crippen LogP contribution >= 0.6 is 11.6 Å². The number of likely N-dealkylation sites (N-methyl/N-ethyl adjacent to an activating group) is 1.